The molecule has 0 amide bonds. The molecule has 0 aliphatic rings. The Hall–Kier alpha value is -7.24. The Labute approximate surface area is 304 Å². The highest BCUT2D eigenvalue weighted by atomic mass is 16.3. The molecule has 0 radical (unpaired) electrons. The SMILES string of the molecule is Oc1ccccc1-c1ccc2ccc3ccc(-c4cccc(-n5c6ccccc6c6ccc7c8ccccc8n(-c8ccccc8)c7c65)c4)nc3c2n1. The number of fused-ring (bicyclic) bond motifs is 10. The zero-order chi connectivity index (χ0) is 35.0. The third-order valence-corrected chi connectivity index (χ3v) is 10.6. The second-order valence-corrected chi connectivity index (χ2v) is 13.6. The summed E-state index contributed by atoms with van der Waals surface area (Å²) in [6.45, 7) is 0. The van der Waals surface area contributed by atoms with Gasteiger partial charge >= 0.3 is 0 Å². The fraction of sp³-hybridized carbons (Fsp3) is 0. The van der Waals surface area contributed by atoms with Gasteiger partial charge in [-0.25, -0.2) is 9.97 Å². The van der Waals surface area contributed by atoms with Gasteiger partial charge in [0.25, 0.3) is 0 Å². The summed E-state index contributed by atoms with van der Waals surface area (Å²) in [4.78, 5) is 10.3. The van der Waals surface area contributed by atoms with Crippen molar-refractivity contribution in [1.29, 1.82) is 0 Å². The maximum absolute atomic E-state index is 10.6. The van der Waals surface area contributed by atoms with Crippen LogP contribution in [0.1, 0.15) is 0 Å². The summed E-state index contributed by atoms with van der Waals surface area (Å²) in [6.07, 6.45) is 0. The van der Waals surface area contributed by atoms with E-state index in [4.69, 9.17) is 9.97 Å². The Balaban J connectivity index is 1.16. The van der Waals surface area contributed by atoms with Gasteiger partial charge in [0.05, 0.1) is 44.5 Å². The van der Waals surface area contributed by atoms with Crippen molar-refractivity contribution in [1.82, 2.24) is 19.1 Å². The first kappa shape index (κ1) is 29.5. The summed E-state index contributed by atoms with van der Waals surface area (Å²) in [5.74, 6) is 0.205. The molecule has 0 spiro atoms. The number of aromatic hydroxyl groups is 1. The molecule has 5 heteroatoms. The first-order chi connectivity index (χ1) is 26.2. The zero-order valence-corrected chi connectivity index (χ0v) is 28.5. The molecule has 248 valence electrons. The minimum Gasteiger partial charge on any atom is -0.507 e. The molecule has 0 saturated heterocycles. The van der Waals surface area contributed by atoms with Gasteiger partial charge in [-0.2, -0.15) is 0 Å². The van der Waals surface area contributed by atoms with Crippen molar-refractivity contribution in [2.45, 2.75) is 0 Å². The third-order valence-electron chi connectivity index (χ3n) is 10.6. The van der Waals surface area contributed by atoms with Gasteiger partial charge in [-0.1, -0.05) is 115 Å². The van der Waals surface area contributed by atoms with Crippen molar-refractivity contribution >= 4 is 65.4 Å². The number of rotatable bonds is 4. The summed E-state index contributed by atoms with van der Waals surface area (Å²) in [7, 11) is 0. The van der Waals surface area contributed by atoms with E-state index in [1.807, 2.05) is 24.3 Å². The van der Waals surface area contributed by atoms with Crippen LogP contribution in [0.4, 0.5) is 0 Å². The van der Waals surface area contributed by atoms with Gasteiger partial charge < -0.3 is 14.2 Å². The average molecular weight is 679 g/mol. The lowest BCUT2D eigenvalue weighted by atomic mass is 10.0. The summed E-state index contributed by atoms with van der Waals surface area (Å²) in [6, 6.07) is 61.1. The van der Waals surface area contributed by atoms with Gasteiger partial charge in [0, 0.05) is 54.8 Å². The molecule has 0 fully saturated rings. The summed E-state index contributed by atoms with van der Waals surface area (Å²) < 4.78 is 4.84. The standard InChI is InChI=1S/C48H30N4O/c53-44-20-9-6-17-39(44)41-28-24-31-22-21-30-23-27-40(49-45(30)46(31)50-41)32-11-10-14-34(29-32)52-43-19-8-5-16-36(43)38-26-25-37-35-15-4-7-18-42(35)51(47(37)48(38)52)33-12-2-1-3-13-33/h1-29,53H. The molecule has 0 bridgehead atoms. The molecule has 5 nitrogen and oxygen atoms in total. The summed E-state index contributed by atoms with van der Waals surface area (Å²) >= 11 is 0. The molecule has 4 heterocycles. The number of benzene rings is 7. The van der Waals surface area contributed by atoms with Crippen LogP contribution in [-0.2, 0) is 0 Å². The fourth-order valence-corrected chi connectivity index (χ4v) is 8.19. The topological polar surface area (TPSA) is 55.9 Å². The normalized spacial score (nSPS) is 11.8. The molecule has 1 N–H and O–H groups in total. The molecule has 11 rings (SSSR count). The highest BCUT2D eigenvalue weighted by Gasteiger charge is 2.21. The number of para-hydroxylation sites is 4. The van der Waals surface area contributed by atoms with E-state index in [1.54, 1.807) is 6.07 Å². The van der Waals surface area contributed by atoms with E-state index in [0.29, 0.717) is 11.3 Å². The Kier molecular flexibility index (Phi) is 6.34. The molecule has 11 aromatic rings. The predicted octanol–water partition coefficient (Wildman–Crippen LogP) is 12.0. The van der Waals surface area contributed by atoms with Crippen LogP contribution < -0.4 is 0 Å². The van der Waals surface area contributed by atoms with E-state index in [-0.39, 0.29) is 5.75 Å². The van der Waals surface area contributed by atoms with Gasteiger partial charge in [0.15, 0.2) is 0 Å². The number of phenolic OH excluding ortho intramolecular Hbond substituents is 1. The molecular weight excluding hydrogens is 649 g/mol. The van der Waals surface area contributed by atoms with Crippen molar-refractivity contribution in [2.75, 3.05) is 0 Å². The average Bonchev–Trinajstić information content (AvgIpc) is 3.74. The van der Waals surface area contributed by atoms with E-state index in [2.05, 4.69) is 155 Å². The van der Waals surface area contributed by atoms with Gasteiger partial charge in [0.2, 0.25) is 0 Å². The lowest BCUT2D eigenvalue weighted by molar-refractivity contribution is 0.477. The maximum atomic E-state index is 10.6. The van der Waals surface area contributed by atoms with Crippen LogP contribution >= 0.6 is 0 Å². The minimum absolute atomic E-state index is 0.205. The molecule has 53 heavy (non-hydrogen) atoms. The quantitative estimate of drug-likeness (QED) is 0.189. The Bertz CT molecular complexity index is 3250. The second-order valence-electron chi connectivity index (χ2n) is 13.6. The Morgan fingerprint density at radius 2 is 0.925 bits per heavy atom. The molecule has 0 aliphatic carbocycles. The lowest BCUT2D eigenvalue weighted by Crippen LogP contribution is -1.99. The Morgan fingerprint density at radius 1 is 0.396 bits per heavy atom. The van der Waals surface area contributed by atoms with Gasteiger partial charge in [-0.05, 0) is 60.7 Å². The predicted molar refractivity (Wildman–Crippen MR) is 218 cm³/mol. The molecule has 0 atom stereocenters. The van der Waals surface area contributed by atoms with Crippen LogP contribution in [0, 0.1) is 0 Å². The van der Waals surface area contributed by atoms with Crippen molar-refractivity contribution in [2.24, 2.45) is 0 Å². The van der Waals surface area contributed by atoms with E-state index >= 15 is 0 Å². The van der Waals surface area contributed by atoms with Crippen LogP contribution in [0.25, 0.3) is 99.3 Å². The second kappa shape index (κ2) is 11.4. The number of phenols is 1. The summed E-state index contributed by atoms with van der Waals surface area (Å²) in [5.41, 5.74) is 11.8. The molecule has 4 aromatic heterocycles. The van der Waals surface area contributed by atoms with Crippen molar-refractivity contribution in [3.05, 3.63) is 176 Å². The van der Waals surface area contributed by atoms with Crippen molar-refractivity contribution in [3.8, 4) is 39.6 Å². The maximum Gasteiger partial charge on any atom is 0.124 e. The van der Waals surface area contributed by atoms with E-state index in [0.717, 1.165) is 50.0 Å². The van der Waals surface area contributed by atoms with Crippen LogP contribution in [0.2, 0.25) is 0 Å². The number of hydrogen-bond acceptors (Lipinski definition) is 3. The first-order valence-electron chi connectivity index (χ1n) is 17.8. The highest BCUT2D eigenvalue weighted by Crippen LogP contribution is 2.42. The molecule has 0 unspecified atom stereocenters. The molecule has 7 aromatic carbocycles. The van der Waals surface area contributed by atoms with E-state index < -0.39 is 0 Å². The minimum atomic E-state index is 0.205. The van der Waals surface area contributed by atoms with E-state index in [9.17, 15) is 5.11 Å². The number of pyridine rings is 2. The van der Waals surface area contributed by atoms with E-state index in [1.165, 1.54) is 38.1 Å². The van der Waals surface area contributed by atoms with Gasteiger partial charge in [-0.15, -0.1) is 0 Å². The van der Waals surface area contributed by atoms with Crippen molar-refractivity contribution < 1.29 is 5.11 Å². The van der Waals surface area contributed by atoms with Crippen LogP contribution in [0.15, 0.2) is 176 Å². The zero-order valence-electron chi connectivity index (χ0n) is 28.5. The molecule has 0 aliphatic heterocycles. The van der Waals surface area contributed by atoms with Crippen LogP contribution in [0.5, 0.6) is 5.75 Å². The van der Waals surface area contributed by atoms with Gasteiger partial charge in [-0.3, -0.25) is 0 Å². The summed E-state index contributed by atoms with van der Waals surface area (Å²) in [5, 5.41) is 17.5. The fourth-order valence-electron chi connectivity index (χ4n) is 8.19. The smallest absolute Gasteiger partial charge is 0.124 e. The highest BCUT2D eigenvalue weighted by molar-refractivity contribution is 6.23. The Morgan fingerprint density at radius 3 is 1.60 bits per heavy atom. The van der Waals surface area contributed by atoms with Gasteiger partial charge in [0.1, 0.15) is 5.75 Å². The van der Waals surface area contributed by atoms with Crippen LogP contribution in [-0.4, -0.2) is 24.2 Å². The lowest BCUT2D eigenvalue weighted by Gasteiger charge is -2.13. The first-order valence-corrected chi connectivity index (χ1v) is 17.8. The molecule has 0 saturated carbocycles. The third kappa shape index (κ3) is 4.44. The number of hydrogen-bond donors (Lipinski definition) is 1. The number of aromatic nitrogens is 4. The van der Waals surface area contributed by atoms with Crippen LogP contribution in [0.3, 0.4) is 0 Å². The molecular formula is C48H30N4O. The van der Waals surface area contributed by atoms with Crippen molar-refractivity contribution in [3.63, 3.8) is 0 Å². The largest absolute Gasteiger partial charge is 0.507 e. The monoisotopic (exact) mass is 678 g/mol. The number of nitrogens with zero attached hydrogens (tertiary/aromatic N) is 4.